The second kappa shape index (κ2) is 10.1. The SMILES string of the molecule is CCCn1ncc(N2CCC(C(=O)NCCCc3ccccc3)CC2)cc1=O. The fourth-order valence-electron chi connectivity index (χ4n) is 3.67. The van der Waals surface area contributed by atoms with Crippen LogP contribution < -0.4 is 15.8 Å². The topological polar surface area (TPSA) is 67.2 Å². The lowest BCUT2D eigenvalue weighted by Gasteiger charge is -2.32. The number of aryl methyl sites for hydroxylation is 2. The van der Waals surface area contributed by atoms with Crippen LogP contribution >= 0.6 is 0 Å². The third-order valence-electron chi connectivity index (χ3n) is 5.31. The minimum absolute atomic E-state index is 0.0568. The van der Waals surface area contributed by atoms with Crippen molar-refractivity contribution in [1.29, 1.82) is 0 Å². The lowest BCUT2D eigenvalue weighted by atomic mass is 9.95. The molecule has 1 aromatic carbocycles. The van der Waals surface area contributed by atoms with Crippen LogP contribution in [-0.4, -0.2) is 35.3 Å². The van der Waals surface area contributed by atoms with Crippen LogP contribution in [0.25, 0.3) is 0 Å². The zero-order valence-corrected chi connectivity index (χ0v) is 16.6. The number of anilines is 1. The predicted molar refractivity (Wildman–Crippen MR) is 111 cm³/mol. The molecular weight excluding hydrogens is 352 g/mol. The van der Waals surface area contributed by atoms with E-state index in [0.717, 1.165) is 50.9 Å². The van der Waals surface area contributed by atoms with E-state index in [-0.39, 0.29) is 17.4 Å². The second-order valence-corrected chi connectivity index (χ2v) is 7.42. The molecule has 2 aromatic rings. The Bertz CT molecular complexity index is 811. The van der Waals surface area contributed by atoms with E-state index in [1.807, 2.05) is 25.1 Å². The lowest BCUT2D eigenvalue weighted by Crippen LogP contribution is -2.41. The smallest absolute Gasteiger partial charge is 0.268 e. The molecular formula is C22H30N4O2. The molecule has 3 rings (SSSR count). The summed E-state index contributed by atoms with van der Waals surface area (Å²) in [5.74, 6) is 0.214. The maximum Gasteiger partial charge on any atom is 0.268 e. The van der Waals surface area contributed by atoms with Gasteiger partial charge in [-0.15, -0.1) is 0 Å². The molecule has 0 saturated carbocycles. The summed E-state index contributed by atoms with van der Waals surface area (Å²) in [5.41, 5.74) is 2.11. The van der Waals surface area contributed by atoms with Crippen LogP contribution in [0.3, 0.4) is 0 Å². The van der Waals surface area contributed by atoms with Gasteiger partial charge in [-0.1, -0.05) is 37.3 Å². The molecule has 2 heterocycles. The van der Waals surface area contributed by atoms with Crippen LogP contribution in [0.4, 0.5) is 5.69 Å². The van der Waals surface area contributed by atoms with Crippen LogP contribution in [-0.2, 0) is 17.8 Å². The number of rotatable bonds is 8. The number of nitrogens with zero attached hydrogens (tertiary/aromatic N) is 3. The van der Waals surface area contributed by atoms with Crippen molar-refractivity contribution in [2.75, 3.05) is 24.5 Å². The molecule has 0 radical (unpaired) electrons. The van der Waals surface area contributed by atoms with Crippen molar-refractivity contribution in [3.05, 3.63) is 58.5 Å². The highest BCUT2D eigenvalue weighted by Crippen LogP contribution is 2.22. The summed E-state index contributed by atoms with van der Waals surface area (Å²) in [6, 6.07) is 12.0. The van der Waals surface area contributed by atoms with Gasteiger partial charge in [-0.25, -0.2) is 4.68 Å². The van der Waals surface area contributed by atoms with Gasteiger partial charge in [0.05, 0.1) is 11.9 Å². The summed E-state index contributed by atoms with van der Waals surface area (Å²) in [4.78, 5) is 26.7. The van der Waals surface area contributed by atoms with Crippen LogP contribution in [0, 0.1) is 5.92 Å². The number of amides is 1. The molecule has 1 aromatic heterocycles. The molecule has 1 saturated heterocycles. The molecule has 28 heavy (non-hydrogen) atoms. The normalized spacial score (nSPS) is 14.8. The maximum atomic E-state index is 12.4. The highest BCUT2D eigenvalue weighted by molar-refractivity contribution is 5.78. The van der Waals surface area contributed by atoms with Gasteiger partial charge in [0, 0.05) is 38.2 Å². The Morgan fingerprint density at radius 1 is 1.21 bits per heavy atom. The number of benzene rings is 1. The molecule has 0 atom stereocenters. The van der Waals surface area contributed by atoms with E-state index < -0.39 is 0 Å². The van der Waals surface area contributed by atoms with Crippen molar-refractivity contribution in [2.24, 2.45) is 5.92 Å². The minimum Gasteiger partial charge on any atom is -0.370 e. The molecule has 0 bridgehead atoms. The molecule has 1 aliphatic rings. The van der Waals surface area contributed by atoms with Crippen molar-refractivity contribution in [2.45, 2.75) is 45.6 Å². The average molecular weight is 383 g/mol. The fourth-order valence-corrected chi connectivity index (χ4v) is 3.67. The van der Waals surface area contributed by atoms with Crippen molar-refractivity contribution in [3.63, 3.8) is 0 Å². The number of carbonyl (C=O) groups is 1. The molecule has 6 nitrogen and oxygen atoms in total. The van der Waals surface area contributed by atoms with E-state index in [9.17, 15) is 9.59 Å². The van der Waals surface area contributed by atoms with Crippen molar-refractivity contribution in [1.82, 2.24) is 15.1 Å². The first-order valence-electron chi connectivity index (χ1n) is 10.3. The first kappa shape index (κ1) is 20.1. The molecule has 0 spiro atoms. The van der Waals surface area contributed by atoms with E-state index in [1.54, 1.807) is 12.3 Å². The molecule has 1 aliphatic heterocycles. The number of aromatic nitrogens is 2. The molecule has 1 N–H and O–H groups in total. The summed E-state index contributed by atoms with van der Waals surface area (Å²) < 4.78 is 1.50. The predicted octanol–water partition coefficient (Wildman–Crippen LogP) is 2.62. The molecule has 0 aliphatic carbocycles. The van der Waals surface area contributed by atoms with E-state index in [0.29, 0.717) is 13.1 Å². The minimum atomic E-state index is -0.0577. The van der Waals surface area contributed by atoms with E-state index in [2.05, 4.69) is 27.4 Å². The van der Waals surface area contributed by atoms with Crippen molar-refractivity contribution < 1.29 is 4.79 Å². The van der Waals surface area contributed by atoms with Crippen LogP contribution in [0.15, 0.2) is 47.4 Å². The van der Waals surface area contributed by atoms with Crippen LogP contribution in [0.1, 0.15) is 38.2 Å². The van der Waals surface area contributed by atoms with Crippen LogP contribution in [0.5, 0.6) is 0 Å². The van der Waals surface area contributed by atoms with Gasteiger partial charge in [-0.2, -0.15) is 5.10 Å². The largest absolute Gasteiger partial charge is 0.370 e. The standard InChI is InChI=1S/C22H30N4O2/c1-2-13-26-21(27)16-20(17-24-26)25-14-10-19(11-15-25)22(28)23-12-6-9-18-7-4-3-5-8-18/h3-5,7-8,16-17,19H,2,6,9-15H2,1H3,(H,23,28). The number of carbonyl (C=O) groups excluding carboxylic acids is 1. The Hall–Kier alpha value is -2.63. The Kier molecular flexibility index (Phi) is 7.23. The number of hydrogen-bond acceptors (Lipinski definition) is 4. The maximum absolute atomic E-state index is 12.4. The average Bonchev–Trinajstić information content (AvgIpc) is 2.73. The Morgan fingerprint density at radius 2 is 1.96 bits per heavy atom. The molecule has 1 amide bonds. The van der Waals surface area contributed by atoms with Crippen LogP contribution in [0.2, 0.25) is 0 Å². The molecule has 1 fully saturated rings. The summed E-state index contributed by atoms with van der Waals surface area (Å²) in [6.45, 7) is 4.95. The van der Waals surface area contributed by atoms with E-state index in [1.165, 1.54) is 10.2 Å². The van der Waals surface area contributed by atoms with Gasteiger partial charge in [0.15, 0.2) is 0 Å². The highest BCUT2D eigenvalue weighted by Gasteiger charge is 2.25. The molecule has 150 valence electrons. The van der Waals surface area contributed by atoms with Gasteiger partial charge in [-0.05, 0) is 37.7 Å². The lowest BCUT2D eigenvalue weighted by molar-refractivity contribution is -0.125. The highest BCUT2D eigenvalue weighted by atomic mass is 16.2. The van der Waals surface area contributed by atoms with E-state index in [4.69, 9.17) is 0 Å². The van der Waals surface area contributed by atoms with Gasteiger partial charge < -0.3 is 10.2 Å². The zero-order valence-electron chi connectivity index (χ0n) is 16.6. The summed E-state index contributed by atoms with van der Waals surface area (Å²) in [7, 11) is 0. The Labute approximate surface area is 166 Å². The van der Waals surface area contributed by atoms with E-state index >= 15 is 0 Å². The number of nitrogens with one attached hydrogen (secondary N) is 1. The quantitative estimate of drug-likeness (QED) is 0.713. The van der Waals surface area contributed by atoms with Gasteiger partial charge in [0.1, 0.15) is 0 Å². The monoisotopic (exact) mass is 382 g/mol. The van der Waals surface area contributed by atoms with Gasteiger partial charge in [0.2, 0.25) is 5.91 Å². The van der Waals surface area contributed by atoms with Crippen molar-refractivity contribution >= 4 is 11.6 Å². The fraction of sp³-hybridized carbons (Fsp3) is 0.500. The van der Waals surface area contributed by atoms with Gasteiger partial charge in [-0.3, -0.25) is 9.59 Å². The van der Waals surface area contributed by atoms with Gasteiger partial charge in [0.25, 0.3) is 5.56 Å². The summed E-state index contributed by atoms with van der Waals surface area (Å²) in [5, 5.41) is 7.34. The third kappa shape index (κ3) is 5.44. The molecule has 6 heteroatoms. The van der Waals surface area contributed by atoms with Crippen molar-refractivity contribution in [3.8, 4) is 0 Å². The zero-order chi connectivity index (χ0) is 19.8. The number of hydrogen-bond donors (Lipinski definition) is 1. The number of piperidine rings is 1. The first-order valence-corrected chi connectivity index (χ1v) is 10.3. The third-order valence-corrected chi connectivity index (χ3v) is 5.31. The van der Waals surface area contributed by atoms with Gasteiger partial charge >= 0.3 is 0 Å². The Morgan fingerprint density at radius 3 is 2.64 bits per heavy atom. The Balaban J connectivity index is 1.41. The molecule has 0 unspecified atom stereocenters. The summed E-state index contributed by atoms with van der Waals surface area (Å²) in [6.07, 6.45) is 6.20. The first-order chi connectivity index (χ1) is 13.7. The second-order valence-electron chi connectivity index (χ2n) is 7.42. The summed E-state index contributed by atoms with van der Waals surface area (Å²) >= 11 is 0.